The molecule has 0 spiro atoms. The van der Waals surface area contributed by atoms with Gasteiger partial charge in [0.15, 0.2) is 11.8 Å². The van der Waals surface area contributed by atoms with Crippen molar-refractivity contribution < 1.29 is 24.0 Å². The average Bonchev–Trinajstić information content (AvgIpc) is 2.61. The van der Waals surface area contributed by atoms with Crippen LogP contribution in [0.15, 0.2) is 24.3 Å². The monoisotopic (exact) mass is 348 g/mol. The van der Waals surface area contributed by atoms with Crippen molar-refractivity contribution in [3.05, 3.63) is 29.8 Å². The summed E-state index contributed by atoms with van der Waals surface area (Å²) < 4.78 is 5.00. The lowest BCUT2D eigenvalue weighted by Gasteiger charge is -2.34. The number of rotatable bonds is 5. The maximum atomic E-state index is 12.5. The summed E-state index contributed by atoms with van der Waals surface area (Å²) in [7, 11) is 0. The Hall–Kier alpha value is -2.41. The predicted molar refractivity (Wildman–Crippen MR) is 93.8 cm³/mol. The maximum Gasteiger partial charge on any atom is 0.410 e. The minimum absolute atomic E-state index is 0.0372. The van der Waals surface area contributed by atoms with Gasteiger partial charge >= 0.3 is 6.09 Å². The third-order valence-corrected chi connectivity index (χ3v) is 4.47. The van der Waals surface area contributed by atoms with Crippen LogP contribution in [-0.2, 0) is 9.53 Å². The van der Waals surface area contributed by atoms with Crippen molar-refractivity contribution in [3.8, 4) is 0 Å². The fourth-order valence-electron chi connectivity index (χ4n) is 2.88. The summed E-state index contributed by atoms with van der Waals surface area (Å²) in [5.74, 6) is -0.134. The number of quaternary nitrogens is 1. The number of anilines is 1. The lowest BCUT2D eigenvalue weighted by Crippen LogP contribution is -3.19. The number of Topliss-reactive ketones (excluding diaryl/α,β-unsaturated/α-hetero) is 1. The van der Waals surface area contributed by atoms with Gasteiger partial charge in [0, 0.05) is 11.3 Å². The Morgan fingerprint density at radius 2 is 1.96 bits per heavy atom. The molecule has 0 aromatic heterocycles. The van der Waals surface area contributed by atoms with E-state index in [2.05, 4.69) is 5.32 Å². The zero-order valence-corrected chi connectivity index (χ0v) is 15.0. The van der Waals surface area contributed by atoms with Gasteiger partial charge in [0.2, 0.25) is 0 Å². The number of amides is 2. The molecule has 2 rings (SSSR count). The molecule has 0 saturated carbocycles. The SMILES string of the molecule is CCOC(=O)N1CC[NH+]([C@@H](C)C(=O)Nc2cccc(C(C)=O)c2)CC1. The lowest BCUT2D eigenvalue weighted by atomic mass is 10.1. The lowest BCUT2D eigenvalue weighted by molar-refractivity contribution is -0.917. The molecule has 1 aromatic carbocycles. The summed E-state index contributed by atoms with van der Waals surface area (Å²) in [6.45, 7) is 8.06. The molecule has 7 nitrogen and oxygen atoms in total. The third kappa shape index (κ3) is 5.03. The molecule has 0 bridgehead atoms. The second-order valence-corrected chi connectivity index (χ2v) is 6.19. The summed E-state index contributed by atoms with van der Waals surface area (Å²) >= 11 is 0. The molecule has 0 radical (unpaired) electrons. The molecule has 2 amide bonds. The first-order valence-electron chi connectivity index (χ1n) is 8.60. The quantitative estimate of drug-likeness (QED) is 0.763. The van der Waals surface area contributed by atoms with Crippen LogP contribution in [0, 0.1) is 0 Å². The van der Waals surface area contributed by atoms with E-state index in [0.29, 0.717) is 44.0 Å². The van der Waals surface area contributed by atoms with E-state index in [0.717, 1.165) is 4.90 Å². The molecule has 1 saturated heterocycles. The van der Waals surface area contributed by atoms with Gasteiger partial charge in [0.1, 0.15) is 0 Å². The minimum atomic E-state index is -0.292. The Morgan fingerprint density at radius 1 is 1.28 bits per heavy atom. The molecule has 25 heavy (non-hydrogen) atoms. The largest absolute Gasteiger partial charge is 0.450 e. The highest BCUT2D eigenvalue weighted by molar-refractivity contribution is 5.97. The van der Waals surface area contributed by atoms with Gasteiger partial charge in [-0.15, -0.1) is 0 Å². The van der Waals surface area contributed by atoms with Gasteiger partial charge in [-0.05, 0) is 32.9 Å². The average molecular weight is 348 g/mol. The molecule has 0 unspecified atom stereocenters. The van der Waals surface area contributed by atoms with E-state index >= 15 is 0 Å². The highest BCUT2D eigenvalue weighted by Gasteiger charge is 2.31. The van der Waals surface area contributed by atoms with Crippen molar-refractivity contribution in [1.29, 1.82) is 0 Å². The molecular formula is C18H26N3O4+. The summed E-state index contributed by atoms with van der Waals surface area (Å²) in [5, 5.41) is 2.87. The van der Waals surface area contributed by atoms with Gasteiger partial charge in [-0.1, -0.05) is 12.1 Å². The van der Waals surface area contributed by atoms with Gasteiger partial charge in [-0.25, -0.2) is 4.79 Å². The van der Waals surface area contributed by atoms with Crippen molar-refractivity contribution >= 4 is 23.5 Å². The standard InChI is InChI=1S/C18H25N3O4/c1-4-25-18(24)21-10-8-20(9-11-21)13(2)17(23)19-16-7-5-6-15(12-16)14(3)22/h5-7,12-13H,4,8-11H2,1-3H3,(H,19,23)/p+1/t13-/m0/s1. The van der Waals surface area contributed by atoms with Crippen LogP contribution >= 0.6 is 0 Å². The summed E-state index contributed by atoms with van der Waals surface area (Å²) in [4.78, 5) is 38.5. The van der Waals surface area contributed by atoms with E-state index in [4.69, 9.17) is 4.74 Å². The van der Waals surface area contributed by atoms with Crippen molar-refractivity contribution in [2.45, 2.75) is 26.8 Å². The molecule has 7 heteroatoms. The first-order chi connectivity index (χ1) is 11.9. The smallest absolute Gasteiger partial charge is 0.410 e. The Labute approximate surface area is 147 Å². The first-order valence-corrected chi connectivity index (χ1v) is 8.60. The molecule has 1 heterocycles. The van der Waals surface area contributed by atoms with Gasteiger partial charge in [-0.3, -0.25) is 14.5 Å². The Kier molecular flexibility index (Phi) is 6.52. The number of carbonyl (C=O) groups is 3. The Morgan fingerprint density at radius 3 is 2.56 bits per heavy atom. The summed E-state index contributed by atoms with van der Waals surface area (Å²) in [6, 6.07) is 6.68. The summed E-state index contributed by atoms with van der Waals surface area (Å²) in [6.07, 6.45) is -0.292. The highest BCUT2D eigenvalue weighted by Crippen LogP contribution is 2.11. The predicted octanol–water partition coefficient (Wildman–Crippen LogP) is 0.573. The van der Waals surface area contributed by atoms with E-state index in [1.165, 1.54) is 6.92 Å². The van der Waals surface area contributed by atoms with Crippen LogP contribution in [0.25, 0.3) is 0 Å². The molecule has 1 fully saturated rings. The van der Waals surface area contributed by atoms with E-state index in [-0.39, 0.29) is 23.8 Å². The fourth-order valence-corrected chi connectivity index (χ4v) is 2.88. The molecule has 1 atom stereocenters. The number of nitrogens with one attached hydrogen (secondary N) is 2. The van der Waals surface area contributed by atoms with Crippen molar-refractivity contribution in [3.63, 3.8) is 0 Å². The molecular weight excluding hydrogens is 322 g/mol. The fraction of sp³-hybridized carbons (Fsp3) is 0.500. The van der Waals surface area contributed by atoms with Gasteiger partial charge in [0.25, 0.3) is 5.91 Å². The van der Waals surface area contributed by atoms with Gasteiger partial charge in [-0.2, -0.15) is 0 Å². The van der Waals surface area contributed by atoms with Crippen molar-refractivity contribution in [1.82, 2.24) is 4.90 Å². The molecule has 136 valence electrons. The van der Waals surface area contributed by atoms with Gasteiger partial charge < -0.3 is 15.0 Å². The third-order valence-electron chi connectivity index (χ3n) is 4.47. The number of hydrogen-bond donors (Lipinski definition) is 2. The van der Waals surface area contributed by atoms with Crippen molar-refractivity contribution in [2.75, 3.05) is 38.1 Å². The Bertz CT molecular complexity index is 639. The van der Waals surface area contributed by atoms with E-state index < -0.39 is 0 Å². The minimum Gasteiger partial charge on any atom is -0.450 e. The zero-order valence-electron chi connectivity index (χ0n) is 15.0. The maximum absolute atomic E-state index is 12.5. The molecule has 1 aliphatic heterocycles. The number of nitrogens with zero attached hydrogens (tertiary/aromatic N) is 1. The number of ketones is 1. The van der Waals surface area contributed by atoms with Crippen LogP contribution in [0.5, 0.6) is 0 Å². The van der Waals surface area contributed by atoms with Crippen LogP contribution in [0.4, 0.5) is 10.5 Å². The van der Waals surface area contributed by atoms with Gasteiger partial charge in [0.05, 0.1) is 32.8 Å². The van der Waals surface area contributed by atoms with Crippen LogP contribution < -0.4 is 10.2 Å². The Balaban J connectivity index is 1.89. The molecule has 1 aliphatic rings. The highest BCUT2D eigenvalue weighted by atomic mass is 16.6. The van der Waals surface area contributed by atoms with Crippen LogP contribution in [0.1, 0.15) is 31.1 Å². The van der Waals surface area contributed by atoms with E-state index in [9.17, 15) is 14.4 Å². The van der Waals surface area contributed by atoms with E-state index in [1.807, 2.05) is 6.92 Å². The van der Waals surface area contributed by atoms with Crippen LogP contribution in [0.3, 0.4) is 0 Å². The number of piperazine rings is 1. The first kappa shape index (κ1) is 18.9. The number of ether oxygens (including phenoxy) is 1. The normalized spacial score (nSPS) is 16.2. The van der Waals surface area contributed by atoms with E-state index in [1.54, 1.807) is 36.1 Å². The molecule has 1 aromatic rings. The zero-order chi connectivity index (χ0) is 18.4. The van der Waals surface area contributed by atoms with Crippen molar-refractivity contribution in [2.24, 2.45) is 0 Å². The number of hydrogen-bond acceptors (Lipinski definition) is 4. The van der Waals surface area contributed by atoms with Crippen LogP contribution in [-0.4, -0.2) is 61.5 Å². The second-order valence-electron chi connectivity index (χ2n) is 6.19. The second kappa shape index (κ2) is 8.62. The molecule has 2 N–H and O–H groups in total. The van der Waals surface area contributed by atoms with Crippen LogP contribution in [0.2, 0.25) is 0 Å². The number of benzene rings is 1. The topological polar surface area (TPSA) is 80.2 Å². The number of carbonyl (C=O) groups excluding carboxylic acids is 3. The molecule has 0 aliphatic carbocycles. The summed E-state index contributed by atoms with van der Waals surface area (Å²) in [5.41, 5.74) is 1.19.